The molecule has 49 heavy (non-hydrogen) atoms. The first kappa shape index (κ1) is 33.3. The molecule has 258 valence electrons. The van der Waals surface area contributed by atoms with Gasteiger partial charge in [0.2, 0.25) is 5.91 Å². The Morgan fingerprint density at radius 2 is 1.76 bits per heavy atom. The zero-order chi connectivity index (χ0) is 35.0. The van der Waals surface area contributed by atoms with Crippen LogP contribution in [0, 0.1) is 11.6 Å². The summed E-state index contributed by atoms with van der Waals surface area (Å²) in [6.45, 7) is 12.2. The number of halogens is 3. The number of imidazole rings is 1. The van der Waals surface area contributed by atoms with Crippen LogP contribution in [0.25, 0.3) is 22.3 Å². The van der Waals surface area contributed by atoms with Crippen LogP contribution in [0.1, 0.15) is 88.8 Å². The van der Waals surface area contributed by atoms with Crippen molar-refractivity contribution in [2.75, 3.05) is 30.4 Å². The highest BCUT2D eigenvalue weighted by Gasteiger charge is 2.56. The zero-order valence-electron chi connectivity index (χ0n) is 28.6. The van der Waals surface area contributed by atoms with Gasteiger partial charge in [0.05, 0.1) is 50.6 Å². The number of fused-ring (bicyclic) bond motifs is 2. The van der Waals surface area contributed by atoms with Crippen molar-refractivity contribution in [3.05, 3.63) is 58.6 Å². The summed E-state index contributed by atoms with van der Waals surface area (Å²) >= 11 is 6.01. The number of hydrogen-bond donors (Lipinski definition) is 2. The largest absolute Gasteiger partial charge is 0.355 e. The molecule has 1 saturated carbocycles. The maximum absolute atomic E-state index is 15.3. The lowest BCUT2D eigenvalue weighted by Crippen LogP contribution is -2.64. The second kappa shape index (κ2) is 12.0. The number of carbonyl (C=O) groups excluding carboxylic acids is 2. The van der Waals surface area contributed by atoms with E-state index in [-0.39, 0.29) is 34.6 Å². The normalized spacial score (nSPS) is 22.0. The number of piperidine rings is 1. The van der Waals surface area contributed by atoms with Gasteiger partial charge in [0.25, 0.3) is 5.91 Å². The van der Waals surface area contributed by atoms with Crippen LogP contribution in [0.5, 0.6) is 0 Å². The van der Waals surface area contributed by atoms with Gasteiger partial charge in [-0.1, -0.05) is 18.0 Å². The third-order valence-corrected chi connectivity index (χ3v) is 10.9. The molecule has 7 rings (SSSR count). The highest BCUT2D eigenvalue weighted by molar-refractivity contribution is 6.34. The maximum Gasteiger partial charge on any atom is 0.252 e. The Labute approximate surface area is 289 Å². The second-order valence-corrected chi connectivity index (χ2v) is 15.0. The number of anilines is 3. The minimum Gasteiger partial charge on any atom is -0.355 e. The molecule has 1 aromatic carbocycles. The summed E-state index contributed by atoms with van der Waals surface area (Å²) in [6.07, 6.45) is 8.87. The van der Waals surface area contributed by atoms with Crippen LogP contribution in [0.4, 0.5) is 26.0 Å². The quantitative estimate of drug-likeness (QED) is 0.199. The molecule has 2 N–H and O–H groups in total. The Hall–Kier alpha value is -4.16. The van der Waals surface area contributed by atoms with E-state index < -0.39 is 28.0 Å². The standard InChI is InChI=1S/C36H41ClF2N8O2/c1-19(2)46-18-42-25-14-23(43-32(30(25)46)44-24-13-22(33(48)40-6)27(37)29(39)28(24)38)20-12-26-31(41-17-20)35(3,4)34(49)47(26)36(5)15-21(16-36)45-10-8-7-9-11-45/h12-14,17-19,21H,7-11,15-16H2,1-6H3,(H,40,48)(H,43,44). The monoisotopic (exact) mass is 690 g/mol. The molecule has 1 saturated heterocycles. The van der Waals surface area contributed by atoms with E-state index in [1.54, 1.807) is 12.5 Å². The lowest BCUT2D eigenvalue weighted by molar-refractivity contribution is -0.124. The molecule has 3 aromatic heterocycles. The number of nitrogens with one attached hydrogen (secondary N) is 2. The van der Waals surface area contributed by atoms with E-state index in [2.05, 4.69) is 27.4 Å². The highest BCUT2D eigenvalue weighted by atomic mass is 35.5. The lowest BCUT2D eigenvalue weighted by atomic mass is 9.71. The Morgan fingerprint density at radius 3 is 2.43 bits per heavy atom. The molecule has 1 aliphatic carbocycles. The van der Waals surface area contributed by atoms with Gasteiger partial charge in [0.15, 0.2) is 17.5 Å². The minimum absolute atomic E-state index is 0.0281. The fourth-order valence-electron chi connectivity index (χ4n) is 7.76. The van der Waals surface area contributed by atoms with E-state index in [1.807, 2.05) is 49.3 Å². The van der Waals surface area contributed by atoms with Gasteiger partial charge in [-0.2, -0.15) is 0 Å². The predicted molar refractivity (Wildman–Crippen MR) is 187 cm³/mol. The lowest BCUT2D eigenvalue weighted by Gasteiger charge is -2.55. The number of rotatable bonds is 7. The molecule has 0 radical (unpaired) electrons. The fraction of sp³-hybridized carbons (Fsp3) is 0.472. The molecule has 0 atom stereocenters. The van der Waals surface area contributed by atoms with E-state index in [0.29, 0.717) is 34.0 Å². The first-order valence-electron chi connectivity index (χ1n) is 16.9. The van der Waals surface area contributed by atoms with Gasteiger partial charge in [0, 0.05) is 36.4 Å². The van der Waals surface area contributed by atoms with Gasteiger partial charge in [0.1, 0.15) is 5.52 Å². The molecule has 0 unspecified atom stereocenters. The van der Waals surface area contributed by atoms with Crippen LogP contribution in [0.15, 0.2) is 30.7 Å². The van der Waals surface area contributed by atoms with Crippen LogP contribution in [0.2, 0.25) is 5.02 Å². The number of pyridine rings is 2. The molecular formula is C36H41ClF2N8O2. The number of hydrogen-bond acceptors (Lipinski definition) is 7. The summed E-state index contributed by atoms with van der Waals surface area (Å²) in [7, 11) is 1.38. The van der Waals surface area contributed by atoms with Gasteiger partial charge >= 0.3 is 0 Å². The number of likely N-dealkylation sites (tertiary alicyclic amines) is 1. The molecule has 2 aliphatic heterocycles. The minimum atomic E-state index is -1.35. The number of benzene rings is 1. The Kier molecular flexibility index (Phi) is 8.17. The molecular weight excluding hydrogens is 650 g/mol. The van der Waals surface area contributed by atoms with E-state index in [0.717, 1.165) is 37.7 Å². The maximum atomic E-state index is 15.3. The number of amides is 2. The number of aromatic nitrogens is 4. The Morgan fingerprint density at radius 1 is 1.04 bits per heavy atom. The summed E-state index contributed by atoms with van der Waals surface area (Å²) < 4.78 is 32.2. The van der Waals surface area contributed by atoms with Crippen molar-refractivity contribution in [2.45, 2.75) is 89.8 Å². The molecule has 2 amide bonds. The van der Waals surface area contributed by atoms with Gasteiger partial charge < -0.3 is 25.0 Å². The summed E-state index contributed by atoms with van der Waals surface area (Å²) in [6, 6.07) is 5.36. The van der Waals surface area contributed by atoms with Gasteiger partial charge in [-0.05, 0) is 91.6 Å². The average molecular weight is 691 g/mol. The van der Waals surface area contributed by atoms with Crippen molar-refractivity contribution >= 4 is 51.6 Å². The van der Waals surface area contributed by atoms with Crippen LogP contribution in [-0.2, 0) is 10.2 Å². The molecule has 4 aromatic rings. The third-order valence-electron chi connectivity index (χ3n) is 10.5. The molecule has 2 fully saturated rings. The average Bonchev–Trinajstić information content (AvgIpc) is 3.60. The van der Waals surface area contributed by atoms with Crippen LogP contribution >= 0.6 is 11.6 Å². The van der Waals surface area contributed by atoms with Crippen molar-refractivity contribution in [2.24, 2.45) is 0 Å². The molecule has 10 nitrogen and oxygen atoms in total. The van der Waals surface area contributed by atoms with Crippen molar-refractivity contribution in [1.29, 1.82) is 0 Å². The van der Waals surface area contributed by atoms with Crippen molar-refractivity contribution < 1.29 is 18.4 Å². The topological polar surface area (TPSA) is 108 Å². The molecule has 5 heterocycles. The van der Waals surface area contributed by atoms with Crippen LogP contribution < -0.4 is 15.5 Å². The number of carbonyl (C=O) groups is 2. The molecule has 13 heteroatoms. The summed E-state index contributed by atoms with van der Waals surface area (Å²) in [5.41, 5.74) is 2.04. The number of nitrogens with zero attached hydrogens (tertiary/aromatic N) is 6. The third kappa shape index (κ3) is 5.34. The Bertz CT molecular complexity index is 2000. The predicted octanol–water partition coefficient (Wildman–Crippen LogP) is 7.14. The zero-order valence-corrected chi connectivity index (χ0v) is 29.4. The van der Waals surface area contributed by atoms with Crippen molar-refractivity contribution in [3.63, 3.8) is 0 Å². The van der Waals surface area contributed by atoms with E-state index in [9.17, 15) is 14.0 Å². The summed E-state index contributed by atoms with van der Waals surface area (Å²) in [5.74, 6) is -3.04. The van der Waals surface area contributed by atoms with Gasteiger partial charge in [-0.15, -0.1) is 0 Å². The SMILES string of the molecule is CNC(=O)c1cc(Nc2nc(-c3cnc4c(c3)N(C3(C)CC(N5CCCCC5)C3)C(=O)C4(C)C)cc3ncn(C(C)C)c23)c(F)c(F)c1Cl. The van der Waals surface area contributed by atoms with Gasteiger partial charge in [-0.3, -0.25) is 14.6 Å². The van der Waals surface area contributed by atoms with Crippen LogP contribution in [0.3, 0.4) is 0 Å². The second-order valence-electron chi connectivity index (χ2n) is 14.6. The first-order valence-corrected chi connectivity index (χ1v) is 17.3. The Balaban J connectivity index is 1.31. The van der Waals surface area contributed by atoms with Crippen molar-refractivity contribution in [1.82, 2.24) is 29.7 Å². The summed E-state index contributed by atoms with van der Waals surface area (Å²) in [4.78, 5) is 45.4. The fourth-order valence-corrected chi connectivity index (χ4v) is 7.98. The van der Waals surface area contributed by atoms with Crippen molar-refractivity contribution in [3.8, 4) is 11.3 Å². The van der Waals surface area contributed by atoms with E-state index in [1.165, 1.54) is 26.3 Å². The first-order chi connectivity index (χ1) is 23.2. The smallest absolute Gasteiger partial charge is 0.252 e. The highest BCUT2D eigenvalue weighted by Crippen LogP contribution is 2.51. The summed E-state index contributed by atoms with van der Waals surface area (Å²) in [5, 5.41) is 4.73. The van der Waals surface area contributed by atoms with Crippen LogP contribution in [-0.4, -0.2) is 68.0 Å². The van der Waals surface area contributed by atoms with E-state index in [4.69, 9.17) is 21.6 Å². The van der Waals surface area contributed by atoms with E-state index >= 15 is 4.39 Å². The molecule has 0 bridgehead atoms. The van der Waals surface area contributed by atoms with Gasteiger partial charge in [-0.25, -0.2) is 18.7 Å². The molecule has 3 aliphatic rings. The molecule has 0 spiro atoms.